The Labute approximate surface area is 150 Å². The molecule has 0 aliphatic heterocycles. The van der Waals surface area contributed by atoms with Gasteiger partial charge in [0.2, 0.25) is 0 Å². The minimum atomic E-state index is -3.12. The molecule has 3 rings (SSSR count). The van der Waals surface area contributed by atoms with Crippen LogP contribution in [0.15, 0.2) is 24.4 Å². The normalized spacial score (nSPS) is 20.3. The highest BCUT2D eigenvalue weighted by Crippen LogP contribution is 2.26. The van der Waals surface area contributed by atoms with Crippen molar-refractivity contribution >= 4 is 16.8 Å². The molecule has 0 spiro atoms. The Morgan fingerprint density at radius 2 is 2.00 bits per heavy atom. The number of carbonyl (C=O) groups excluding carboxylic acids is 1. The van der Waals surface area contributed by atoms with Crippen LogP contribution in [0.1, 0.15) is 37.5 Å². The van der Waals surface area contributed by atoms with Gasteiger partial charge in [0.05, 0.1) is 17.2 Å². The van der Waals surface area contributed by atoms with Gasteiger partial charge in [-0.1, -0.05) is 0 Å². The predicted octanol–water partition coefficient (Wildman–Crippen LogP) is 3.91. The van der Waals surface area contributed by atoms with E-state index in [4.69, 9.17) is 4.74 Å². The Hall–Kier alpha value is -2.35. The second-order valence-corrected chi connectivity index (χ2v) is 6.26. The van der Waals surface area contributed by atoms with Crippen LogP contribution < -0.4 is 10.1 Å². The number of alkyl halides is 2. The SMILES string of the molecule is COC1CCC(NC(=O)c2cnc3cc(OC(F)F)c(F)cc3c2)CC1.[HH]. The molecule has 1 aromatic carbocycles. The molecule has 8 heteroatoms. The van der Waals surface area contributed by atoms with Gasteiger partial charge in [-0.2, -0.15) is 8.78 Å². The van der Waals surface area contributed by atoms with Gasteiger partial charge < -0.3 is 14.8 Å². The third-order valence-electron chi connectivity index (χ3n) is 4.56. The second-order valence-electron chi connectivity index (χ2n) is 6.26. The molecule has 1 heterocycles. The van der Waals surface area contributed by atoms with E-state index in [-0.39, 0.29) is 30.6 Å². The van der Waals surface area contributed by atoms with Crippen molar-refractivity contribution < 1.29 is 28.9 Å². The summed E-state index contributed by atoms with van der Waals surface area (Å²) in [5.41, 5.74) is 0.549. The third kappa shape index (κ3) is 4.24. The zero-order valence-corrected chi connectivity index (χ0v) is 14.2. The van der Waals surface area contributed by atoms with E-state index >= 15 is 0 Å². The summed E-state index contributed by atoms with van der Waals surface area (Å²) in [6.45, 7) is -3.12. The number of fused-ring (bicyclic) bond motifs is 1. The van der Waals surface area contributed by atoms with Crippen LogP contribution in [-0.2, 0) is 4.74 Å². The van der Waals surface area contributed by atoms with E-state index < -0.39 is 18.2 Å². The molecule has 1 amide bonds. The lowest BCUT2D eigenvalue weighted by molar-refractivity contribution is -0.0520. The van der Waals surface area contributed by atoms with E-state index in [2.05, 4.69) is 15.0 Å². The van der Waals surface area contributed by atoms with E-state index in [9.17, 15) is 18.0 Å². The maximum Gasteiger partial charge on any atom is 0.387 e. The first kappa shape index (κ1) is 18.4. The number of halogens is 3. The zero-order chi connectivity index (χ0) is 18.7. The van der Waals surface area contributed by atoms with E-state index in [1.54, 1.807) is 7.11 Å². The number of ether oxygens (including phenoxy) is 2. The van der Waals surface area contributed by atoms with Crippen LogP contribution in [0.2, 0.25) is 0 Å². The molecule has 0 unspecified atom stereocenters. The van der Waals surface area contributed by atoms with Crippen molar-refractivity contribution in [3.63, 3.8) is 0 Å². The van der Waals surface area contributed by atoms with Crippen molar-refractivity contribution in [1.29, 1.82) is 0 Å². The molecule has 26 heavy (non-hydrogen) atoms. The van der Waals surface area contributed by atoms with Gasteiger partial charge >= 0.3 is 6.61 Å². The number of carbonyl (C=O) groups is 1. The topological polar surface area (TPSA) is 60.5 Å². The Morgan fingerprint density at radius 1 is 1.27 bits per heavy atom. The van der Waals surface area contributed by atoms with Crippen molar-refractivity contribution in [2.45, 2.75) is 44.4 Å². The molecule has 0 saturated heterocycles. The molecular weight excluding hydrogens is 349 g/mol. The molecule has 1 saturated carbocycles. The van der Waals surface area contributed by atoms with Gasteiger partial charge in [0.25, 0.3) is 5.91 Å². The Bertz CT molecular complexity index is 799. The first-order valence-corrected chi connectivity index (χ1v) is 8.34. The molecule has 1 fully saturated rings. The fraction of sp³-hybridized carbons (Fsp3) is 0.444. The van der Waals surface area contributed by atoms with Crippen molar-refractivity contribution in [2.75, 3.05) is 7.11 Å². The summed E-state index contributed by atoms with van der Waals surface area (Å²) in [5.74, 6) is -1.81. The highest BCUT2D eigenvalue weighted by atomic mass is 19.3. The van der Waals surface area contributed by atoms with E-state index in [0.29, 0.717) is 5.39 Å². The molecule has 142 valence electrons. The number of hydrogen-bond donors (Lipinski definition) is 1. The minimum absolute atomic E-state index is 0. The van der Waals surface area contributed by atoms with Crippen LogP contribution in [0.25, 0.3) is 10.9 Å². The Morgan fingerprint density at radius 3 is 2.65 bits per heavy atom. The maximum absolute atomic E-state index is 13.9. The molecule has 5 nitrogen and oxygen atoms in total. The van der Waals surface area contributed by atoms with Gasteiger partial charge in [0.15, 0.2) is 11.6 Å². The summed E-state index contributed by atoms with van der Waals surface area (Å²) in [7, 11) is 1.68. The van der Waals surface area contributed by atoms with E-state index in [1.807, 2.05) is 0 Å². The third-order valence-corrected chi connectivity index (χ3v) is 4.56. The molecule has 0 atom stereocenters. The van der Waals surface area contributed by atoms with Gasteiger partial charge in [0.1, 0.15) is 0 Å². The number of benzene rings is 1. The average Bonchev–Trinajstić information content (AvgIpc) is 2.62. The number of rotatable bonds is 5. The second kappa shape index (κ2) is 7.90. The minimum Gasteiger partial charge on any atom is -0.432 e. The number of methoxy groups -OCH3 is 1. The van der Waals surface area contributed by atoms with Crippen LogP contribution in [0.3, 0.4) is 0 Å². The summed E-state index contributed by atoms with van der Waals surface area (Å²) in [6.07, 6.45) is 4.99. The lowest BCUT2D eigenvalue weighted by Gasteiger charge is -2.28. The number of nitrogens with zero attached hydrogens (tertiary/aromatic N) is 1. The average molecular weight is 370 g/mol. The zero-order valence-electron chi connectivity index (χ0n) is 14.2. The molecule has 1 aliphatic rings. The van der Waals surface area contributed by atoms with Crippen LogP contribution >= 0.6 is 0 Å². The molecule has 1 aromatic heterocycles. The Kier molecular flexibility index (Phi) is 5.61. The summed E-state index contributed by atoms with van der Waals surface area (Å²) in [6, 6.07) is 3.65. The number of nitrogens with one attached hydrogen (secondary N) is 1. The Balaban J connectivity index is 0.00000261. The van der Waals surface area contributed by atoms with Crippen LogP contribution in [0.5, 0.6) is 5.75 Å². The number of pyridine rings is 1. The lowest BCUT2D eigenvalue weighted by atomic mass is 9.93. The molecule has 0 bridgehead atoms. The number of hydrogen-bond acceptors (Lipinski definition) is 4. The lowest BCUT2D eigenvalue weighted by Crippen LogP contribution is -2.38. The number of amides is 1. The molecule has 1 aliphatic carbocycles. The van der Waals surface area contributed by atoms with Crippen molar-refractivity contribution in [2.24, 2.45) is 0 Å². The molecule has 0 radical (unpaired) electrons. The molecule has 2 aromatic rings. The van der Waals surface area contributed by atoms with Crippen molar-refractivity contribution in [1.82, 2.24) is 10.3 Å². The quantitative estimate of drug-likeness (QED) is 0.867. The maximum atomic E-state index is 13.9. The van der Waals surface area contributed by atoms with Gasteiger partial charge in [-0.15, -0.1) is 0 Å². The first-order valence-electron chi connectivity index (χ1n) is 8.34. The number of aromatic nitrogens is 1. The summed E-state index contributed by atoms with van der Waals surface area (Å²) >= 11 is 0. The largest absolute Gasteiger partial charge is 0.432 e. The molecular formula is C18H21F3N2O3. The van der Waals surface area contributed by atoms with Crippen LogP contribution in [0.4, 0.5) is 13.2 Å². The summed E-state index contributed by atoms with van der Waals surface area (Å²) in [5, 5.41) is 3.28. The van der Waals surface area contributed by atoms with E-state index in [0.717, 1.165) is 37.8 Å². The van der Waals surface area contributed by atoms with Gasteiger partial charge in [0, 0.05) is 32.2 Å². The standard InChI is InChI=1S/C18H19F3N2O3.H2/c1-25-13-4-2-12(3-5-13)23-17(24)11-6-10-7-14(19)16(26-18(20)21)8-15(10)22-9-11;/h6-9,12-13,18H,2-5H2,1H3,(H,23,24);1H. The fourth-order valence-corrected chi connectivity index (χ4v) is 3.15. The van der Waals surface area contributed by atoms with Gasteiger partial charge in [-0.3, -0.25) is 9.78 Å². The summed E-state index contributed by atoms with van der Waals surface area (Å²) < 4.78 is 47.8. The fourth-order valence-electron chi connectivity index (χ4n) is 3.15. The highest BCUT2D eigenvalue weighted by molar-refractivity contribution is 5.97. The van der Waals surface area contributed by atoms with Crippen LogP contribution in [-0.4, -0.2) is 36.8 Å². The van der Waals surface area contributed by atoms with Crippen molar-refractivity contribution in [3.8, 4) is 5.75 Å². The molecule has 1 N–H and O–H groups in total. The van der Waals surface area contributed by atoms with Crippen LogP contribution in [0, 0.1) is 5.82 Å². The first-order chi connectivity index (χ1) is 12.5. The van der Waals surface area contributed by atoms with Gasteiger partial charge in [-0.05, 0) is 37.8 Å². The smallest absolute Gasteiger partial charge is 0.387 e. The summed E-state index contributed by atoms with van der Waals surface area (Å²) in [4.78, 5) is 16.5. The van der Waals surface area contributed by atoms with Gasteiger partial charge in [-0.25, -0.2) is 4.39 Å². The predicted molar refractivity (Wildman–Crippen MR) is 91.0 cm³/mol. The monoisotopic (exact) mass is 370 g/mol. The highest BCUT2D eigenvalue weighted by Gasteiger charge is 2.23. The van der Waals surface area contributed by atoms with E-state index in [1.165, 1.54) is 12.3 Å². The van der Waals surface area contributed by atoms with Crippen molar-refractivity contribution in [3.05, 3.63) is 35.8 Å².